The molecule has 1 N–H and O–H groups in total. The number of benzene rings is 2. The van der Waals surface area contributed by atoms with Gasteiger partial charge in [-0.3, -0.25) is 9.59 Å². The lowest BCUT2D eigenvalue weighted by Gasteiger charge is -2.32. The summed E-state index contributed by atoms with van der Waals surface area (Å²) in [7, 11) is 0. The van der Waals surface area contributed by atoms with Crippen LogP contribution in [0.1, 0.15) is 40.6 Å². The van der Waals surface area contributed by atoms with Gasteiger partial charge in [0.05, 0.1) is 4.88 Å². The van der Waals surface area contributed by atoms with Crippen molar-refractivity contribution in [2.45, 2.75) is 31.2 Å². The largest absolute Gasteiger partial charge is 0.353 e. The van der Waals surface area contributed by atoms with Gasteiger partial charge < -0.3 is 10.2 Å². The van der Waals surface area contributed by atoms with Crippen LogP contribution in [0.4, 0.5) is 0 Å². The quantitative estimate of drug-likeness (QED) is 0.642. The number of carbonyl (C=O) groups is 2. The van der Waals surface area contributed by atoms with Crippen LogP contribution in [0.5, 0.6) is 0 Å². The number of hydrogen-bond acceptors (Lipinski definition) is 3. The minimum atomic E-state index is -0.407. The number of amides is 2. The molecule has 30 heavy (non-hydrogen) atoms. The Morgan fingerprint density at radius 3 is 2.20 bits per heavy atom. The molecule has 1 aliphatic rings. The molecule has 1 fully saturated rings. The summed E-state index contributed by atoms with van der Waals surface area (Å²) >= 11 is 1.42. The number of hydrogen-bond donors (Lipinski definition) is 1. The molecule has 1 aromatic heterocycles. The predicted octanol–water partition coefficient (Wildman–Crippen LogP) is 4.48. The zero-order valence-corrected chi connectivity index (χ0v) is 17.9. The molecule has 1 aliphatic heterocycles. The molecule has 0 bridgehead atoms. The molecule has 0 spiro atoms. The van der Waals surface area contributed by atoms with Gasteiger partial charge >= 0.3 is 0 Å². The Morgan fingerprint density at radius 2 is 1.63 bits per heavy atom. The molecule has 4 nitrogen and oxygen atoms in total. The second-order valence-corrected chi connectivity index (χ2v) is 8.86. The second-order valence-electron chi connectivity index (χ2n) is 7.92. The summed E-state index contributed by atoms with van der Waals surface area (Å²) in [6.07, 6.45) is 1.56. The molecule has 0 unspecified atom stereocenters. The summed E-state index contributed by atoms with van der Waals surface area (Å²) in [5.41, 5.74) is 1.93. The van der Waals surface area contributed by atoms with Gasteiger partial charge in [0.15, 0.2) is 0 Å². The van der Waals surface area contributed by atoms with Crippen molar-refractivity contribution >= 4 is 23.2 Å². The molecule has 4 rings (SSSR count). The van der Waals surface area contributed by atoms with Crippen LogP contribution in [-0.2, 0) is 10.2 Å². The van der Waals surface area contributed by atoms with Crippen molar-refractivity contribution in [2.24, 2.45) is 0 Å². The van der Waals surface area contributed by atoms with E-state index in [0.29, 0.717) is 24.4 Å². The minimum Gasteiger partial charge on any atom is -0.353 e. The summed E-state index contributed by atoms with van der Waals surface area (Å²) in [5, 5.41) is 5.06. The molecule has 154 valence electrons. The highest BCUT2D eigenvalue weighted by Gasteiger charge is 2.36. The van der Waals surface area contributed by atoms with E-state index in [9.17, 15) is 9.59 Å². The van der Waals surface area contributed by atoms with E-state index < -0.39 is 6.04 Å². The second kappa shape index (κ2) is 8.84. The van der Waals surface area contributed by atoms with Gasteiger partial charge in [-0.15, -0.1) is 11.3 Å². The van der Waals surface area contributed by atoms with E-state index in [1.54, 1.807) is 4.90 Å². The minimum absolute atomic E-state index is 0.0449. The van der Waals surface area contributed by atoms with Crippen LogP contribution in [0.25, 0.3) is 0 Å². The van der Waals surface area contributed by atoms with E-state index >= 15 is 0 Å². The van der Waals surface area contributed by atoms with Crippen molar-refractivity contribution < 1.29 is 9.59 Å². The van der Waals surface area contributed by atoms with Crippen LogP contribution >= 0.6 is 11.3 Å². The number of likely N-dealkylation sites (tertiary alicyclic amines) is 1. The Kier molecular flexibility index (Phi) is 6.00. The molecule has 1 atom stereocenters. The lowest BCUT2D eigenvalue weighted by atomic mass is 9.76. The first-order chi connectivity index (χ1) is 14.6. The Hall–Kier alpha value is -2.92. The lowest BCUT2D eigenvalue weighted by molar-refractivity contribution is -0.125. The van der Waals surface area contributed by atoms with Gasteiger partial charge in [0.2, 0.25) is 5.91 Å². The first-order valence-electron chi connectivity index (χ1n) is 10.3. The summed E-state index contributed by atoms with van der Waals surface area (Å²) < 4.78 is 0. The van der Waals surface area contributed by atoms with Crippen LogP contribution in [0.15, 0.2) is 78.2 Å². The van der Waals surface area contributed by atoms with Gasteiger partial charge in [-0.2, -0.15) is 0 Å². The monoisotopic (exact) mass is 418 g/mol. The molecule has 2 amide bonds. The Morgan fingerprint density at radius 1 is 1.00 bits per heavy atom. The fourth-order valence-corrected chi connectivity index (χ4v) is 4.87. The lowest BCUT2D eigenvalue weighted by Crippen LogP contribution is -2.49. The molecule has 2 aromatic carbocycles. The van der Waals surface area contributed by atoms with Crippen molar-refractivity contribution in [3.8, 4) is 0 Å². The Labute approximate surface area is 181 Å². The van der Waals surface area contributed by atoms with E-state index in [1.807, 2.05) is 53.9 Å². The van der Waals surface area contributed by atoms with Crippen LogP contribution in [0.3, 0.4) is 0 Å². The van der Waals surface area contributed by atoms with Gasteiger partial charge in [-0.25, -0.2) is 0 Å². The van der Waals surface area contributed by atoms with Crippen molar-refractivity contribution in [3.63, 3.8) is 0 Å². The van der Waals surface area contributed by atoms with E-state index in [2.05, 4.69) is 36.5 Å². The molecule has 0 saturated carbocycles. The van der Waals surface area contributed by atoms with Gasteiger partial charge in [-0.05, 0) is 42.3 Å². The third-order valence-electron chi connectivity index (χ3n) is 5.99. The van der Waals surface area contributed by atoms with Gasteiger partial charge in [0, 0.05) is 18.5 Å². The number of nitrogens with one attached hydrogen (secondary N) is 1. The van der Waals surface area contributed by atoms with Crippen LogP contribution < -0.4 is 5.32 Å². The molecular weight excluding hydrogens is 392 g/mol. The normalized spacial score (nSPS) is 16.4. The first kappa shape index (κ1) is 20.4. The van der Waals surface area contributed by atoms with E-state index in [-0.39, 0.29) is 17.2 Å². The fraction of sp³-hybridized carbons (Fsp3) is 0.280. The van der Waals surface area contributed by atoms with Crippen LogP contribution in [0, 0.1) is 0 Å². The average molecular weight is 419 g/mol. The Bertz CT molecular complexity index is 947. The molecule has 3 aromatic rings. The highest BCUT2D eigenvalue weighted by Crippen LogP contribution is 2.31. The third kappa shape index (κ3) is 4.03. The molecule has 1 saturated heterocycles. The fourth-order valence-electron chi connectivity index (χ4n) is 4.19. The maximum atomic E-state index is 13.1. The molecular formula is C25H26N2O2S. The predicted molar refractivity (Wildman–Crippen MR) is 121 cm³/mol. The smallest absolute Gasteiger partial charge is 0.264 e. The highest BCUT2D eigenvalue weighted by molar-refractivity contribution is 7.12. The van der Waals surface area contributed by atoms with Crippen molar-refractivity contribution in [3.05, 3.63) is 94.2 Å². The van der Waals surface area contributed by atoms with E-state index in [4.69, 9.17) is 0 Å². The maximum absolute atomic E-state index is 13.1. The number of rotatable bonds is 6. The number of nitrogens with zero attached hydrogens (tertiary/aromatic N) is 1. The Balaban J connectivity index is 1.52. The van der Waals surface area contributed by atoms with Crippen LogP contribution in [-0.4, -0.2) is 35.8 Å². The standard InChI is InChI=1S/C25H26N2O2S/c1-25(19-10-4-2-5-11-19,20-12-6-3-7-13-20)18-26-23(28)21-14-8-16-27(21)24(29)22-15-9-17-30-22/h2-7,9-13,15,17,21H,8,14,16,18H2,1H3,(H,26,28)/t21-/m0/s1. The first-order valence-corrected chi connectivity index (χ1v) is 11.2. The summed E-state index contributed by atoms with van der Waals surface area (Å²) in [5.74, 6) is -0.118. The van der Waals surface area contributed by atoms with Gasteiger partial charge in [0.25, 0.3) is 5.91 Å². The molecule has 0 radical (unpaired) electrons. The zero-order valence-electron chi connectivity index (χ0n) is 17.1. The van der Waals surface area contributed by atoms with Crippen molar-refractivity contribution in [1.29, 1.82) is 0 Å². The van der Waals surface area contributed by atoms with Crippen molar-refractivity contribution in [1.82, 2.24) is 10.2 Å². The van der Waals surface area contributed by atoms with E-state index in [0.717, 1.165) is 17.5 Å². The average Bonchev–Trinajstić information content (AvgIpc) is 3.50. The van der Waals surface area contributed by atoms with Crippen molar-refractivity contribution in [2.75, 3.05) is 13.1 Å². The SMILES string of the molecule is CC(CNC(=O)[C@@H]1CCCN1C(=O)c1cccs1)(c1ccccc1)c1ccccc1. The summed E-state index contributed by atoms with van der Waals surface area (Å²) in [4.78, 5) is 28.4. The molecule has 5 heteroatoms. The summed E-state index contributed by atoms with van der Waals surface area (Å²) in [6, 6.07) is 23.8. The molecule has 0 aliphatic carbocycles. The van der Waals surface area contributed by atoms with Gasteiger partial charge in [0.1, 0.15) is 6.04 Å². The summed E-state index contributed by atoms with van der Waals surface area (Å²) in [6.45, 7) is 3.25. The number of thiophene rings is 1. The highest BCUT2D eigenvalue weighted by atomic mass is 32.1. The third-order valence-corrected chi connectivity index (χ3v) is 6.84. The maximum Gasteiger partial charge on any atom is 0.264 e. The van der Waals surface area contributed by atoms with Gasteiger partial charge in [-0.1, -0.05) is 66.7 Å². The van der Waals surface area contributed by atoms with Crippen LogP contribution in [0.2, 0.25) is 0 Å². The zero-order chi connectivity index (χ0) is 21.0. The van der Waals surface area contributed by atoms with E-state index in [1.165, 1.54) is 11.3 Å². The molecule has 2 heterocycles. The number of carbonyl (C=O) groups excluding carboxylic acids is 2. The topological polar surface area (TPSA) is 49.4 Å².